The molecule has 0 spiro atoms. The maximum absolute atomic E-state index is 11.9. The monoisotopic (exact) mass is 294 g/mol. The molecule has 1 aliphatic carbocycles. The van der Waals surface area contributed by atoms with Gasteiger partial charge in [0.05, 0.1) is 0 Å². The second-order valence-electron chi connectivity index (χ2n) is 4.00. The van der Waals surface area contributed by atoms with Crippen LogP contribution in [0.1, 0.15) is 22.3 Å². The Morgan fingerprint density at radius 3 is 2.05 bits per heavy atom. The van der Waals surface area contributed by atoms with Crippen molar-refractivity contribution in [2.24, 2.45) is 0 Å². The molecule has 0 saturated heterocycles. The summed E-state index contributed by atoms with van der Waals surface area (Å²) in [7, 11) is 0. The van der Waals surface area contributed by atoms with E-state index in [1.54, 1.807) is 30.3 Å². The molecule has 0 aromatic heterocycles. The summed E-state index contributed by atoms with van der Waals surface area (Å²) in [5.74, 6) is -0.184. The van der Waals surface area contributed by atoms with Crippen LogP contribution < -0.4 is 0 Å². The van der Waals surface area contributed by atoms with E-state index in [2.05, 4.69) is 0 Å². The maximum atomic E-state index is 11.9. The molecule has 1 aliphatic rings. The topological polar surface area (TPSA) is 51.2 Å². The van der Waals surface area contributed by atoms with Crippen molar-refractivity contribution < 1.29 is 14.4 Å². The molecule has 19 heavy (non-hydrogen) atoms. The van der Waals surface area contributed by atoms with Gasteiger partial charge in [0.1, 0.15) is 0 Å². The lowest BCUT2D eigenvalue weighted by Crippen LogP contribution is -2.10. The van der Waals surface area contributed by atoms with Gasteiger partial charge in [-0.05, 0) is 40.9 Å². The van der Waals surface area contributed by atoms with Crippen LogP contribution in [0.15, 0.2) is 42.0 Å². The molecular formula is C14H8Cl2O3. The van der Waals surface area contributed by atoms with Gasteiger partial charge in [-0.2, -0.15) is 0 Å². The van der Waals surface area contributed by atoms with Crippen molar-refractivity contribution in [2.75, 3.05) is 0 Å². The second kappa shape index (κ2) is 5.51. The molecule has 0 saturated carbocycles. The van der Waals surface area contributed by atoms with Crippen LogP contribution in [0.5, 0.6) is 0 Å². The fourth-order valence-corrected chi connectivity index (χ4v) is 2.03. The van der Waals surface area contributed by atoms with Crippen LogP contribution in [-0.4, -0.2) is 16.3 Å². The van der Waals surface area contributed by atoms with Gasteiger partial charge in [-0.1, -0.05) is 24.3 Å². The molecule has 0 heterocycles. The van der Waals surface area contributed by atoms with Crippen molar-refractivity contribution in [3.63, 3.8) is 0 Å². The lowest BCUT2D eigenvalue weighted by Gasteiger charge is -2.11. The van der Waals surface area contributed by atoms with E-state index in [0.717, 1.165) is 0 Å². The minimum atomic E-state index is -0.619. The Balaban J connectivity index is 2.34. The molecule has 0 fully saturated rings. The number of allylic oxidation sites excluding steroid dienone is 4. The Labute approximate surface area is 119 Å². The molecule has 2 rings (SSSR count). The van der Waals surface area contributed by atoms with Gasteiger partial charge >= 0.3 is 0 Å². The zero-order valence-electron chi connectivity index (χ0n) is 9.65. The van der Waals surface area contributed by atoms with E-state index in [1.165, 1.54) is 6.08 Å². The van der Waals surface area contributed by atoms with Crippen LogP contribution in [-0.2, 0) is 9.59 Å². The highest BCUT2D eigenvalue weighted by atomic mass is 35.5. The number of carbonyl (C=O) groups excluding carboxylic acids is 3. The standard InChI is InChI=1S/C14H8Cl2O3/c15-13(18)9-3-1-8(2-4-9)11-6-5-10(14(16)19)7-12(11)17/h1-6H,7H2. The highest BCUT2D eigenvalue weighted by Gasteiger charge is 2.20. The average molecular weight is 295 g/mol. The molecule has 5 heteroatoms. The summed E-state index contributed by atoms with van der Waals surface area (Å²) in [6, 6.07) is 6.37. The van der Waals surface area contributed by atoms with Gasteiger partial charge in [0.15, 0.2) is 5.78 Å². The SMILES string of the molecule is O=C(Cl)C1=CC=C(c2ccc(C(=O)Cl)cc2)C(=O)C1. The molecule has 1 aromatic rings. The number of benzene rings is 1. The van der Waals surface area contributed by atoms with Crippen LogP contribution in [0.2, 0.25) is 0 Å². The number of hydrogen-bond acceptors (Lipinski definition) is 3. The minimum absolute atomic E-state index is 0.00957. The van der Waals surface area contributed by atoms with Gasteiger partial charge < -0.3 is 0 Å². The Hall–Kier alpha value is -1.71. The van der Waals surface area contributed by atoms with Crippen molar-refractivity contribution in [3.05, 3.63) is 53.1 Å². The van der Waals surface area contributed by atoms with E-state index in [9.17, 15) is 14.4 Å². The smallest absolute Gasteiger partial charge is 0.252 e. The molecule has 0 unspecified atom stereocenters. The molecule has 0 bridgehead atoms. The van der Waals surface area contributed by atoms with Gasteiger partial charge in [0.2, 0.25) is 5.24 Å². The maximum Gasteiger partial charge on any atom is 0.252 e. The molecule has 96 valence electrons. The molecule has 0 N–H and O–H groups in total. The zero-order valence-corrected chi connectivity index (χ0v) is 11.2. The quantitative estimate of drug-likeness (QED) is 0.805. The van der Waals surface area contributed by atoms with E-state index in [1.807, 2.05) is 0 Å². The van der Waals surface area contributed by atoms with Gasteiger partial charge in [-0.3, -0.25) is 14.4 Å². The molecule has 3 nitrogen and oxygen atoms in total. The number of Topliss-reactive ketones (excluding diaryl/α,β-unsaturated/α-hetero) is 1. The fourth-order valence-electron chi connectivity index (χ4n) is 1.78. The van der Waals surface area contributed by atoms with Gasteiger partial charge in [0.25, 0.3) is 5.24 Å². The summed E-state index contributed by atoms with van der Waals surface area (Å²) in [5.41, 5.74) is 1.80. The van der Waals surface area contributed by atoms with E-state index in [0.29, 0.717) is 16.7 Å². The number of hydrogen-bond donors (Lipinski definition) is 0. The molecule has 0 radical (unpaired) electrons. The fraction of sp³-hybridized carbons (Fsp3) is 0.0714. The van der Waals surface area contributed by atoms with Crippen molar-refractivity contribution >= 4 is 45.0 Å². The summed E-state index contributed by atoms with van der Waals surface area (Å²) in [4.78, 5) is 33.8. The normalized spacial score (nSPS) is 14.7. The summed E-state index contributed by atoms with van der Waals surface area (Å²) in [6.07, 6.45) is 3.08. The van der Waals surface area contributed by atoms with Gasteiger partial charge in [-0.25, -0.2) is 0 Å². The summed E-state index contributed by atoms with van der Waals surface area (Å²) in [6.45, 7) is 0. The third-order valence-electron chi connectivity index (χ3n) is 2.78. The molecule has 0 amide bonds. The third kappa shape index (κ3) is 3.00. The molecule has 1 aromatic carbocycles. The largest absolute Gasteiger partial charge is 0.294 e. The van der Waals surface area contributed by atoms with E-state index in [4.69, 9.17) is 23.2 Å². The van der Waals surface area contributed by atoms with Crippen LogP contribution in [0, 0.1) is 0 Å². The van der Waals surface area contributed by atoms with Crippen LogP contribution >= 0.6 is 23.2 Å². The first-order valence-corrected chi connectivity index (χ1v) is 6.19. The number of halogens is 2. The highest BCUT2D eigenvalue weighted by molar-refractivity contribution is 6.68. The average Bonchev–Trinajstić information content (AvgIpc) is 2.38. The minimum Gasteiger partial charge on any atom is -0.294 e. The lowest BCUT2D eigenvalue weighted by atomic mass is 9.92. The summed E-state index contributed by atoms with van der Waals surface area (Å²) in [5, 5.41) is -1.17. The van der Waals surface area contributed by atoms with Crippen LogP contribution in [0.4, 0.5) is 0 Å². The molecule has 0 aliphatic heterocycles. The van der Waals surface area contributed by atoms with E-state index in [-0.39, 0.29) is 17.8 Å². The first kappa shape index (κ1) is 13.7. The van der Waals surface area contributed by atoms with Gasteiger partial charge in [0, 0.05) is 23.1 Å². The van der Waals surface area contributed by atoms with Crippen molar-refractivity contribution in [1.82, 2.24) is 0 Å². The predicted octanol–water partition coefficient (Wildman–Crippen LogP) is 3.11. The Morgan fingerprint density at radius 1 is 0.947 bits per heavy atom. The Kier molecular flexibility index (Phi) is 3.98. The third-order valence-corrected chi connectivity index (χ3v) is 3.24. The number of carbonyl (C=O) groups is 3. The van der Waals surface area contributed by atoms with Gasteiger partial charge in [-0.15, -0.1) is 0 Å². The molecule has 0 atom stereocenters. The predicted molar refractivity (Wildman–Crippen MR) is 73.2 cm³/mol. The zero-order chi connectivity index (χ0) is 14.0. The highest BCUT2D eigenvalue weighted by Crippen LogP contribution is 2.25. The van der Waals surface area contributed by atoms with Crippen molar-refractivity contribution in [3.8, 4) is 0 Å². The van der Waals surface area contributed by atoms with Crippen LogP contribution in [0.25, 0.3) is 5.57 Å². The Bertz CT molecular complexity index is 625. The van der Waals surface area contributed by atoms with E-state index < -0.39 is 10.5 Å². The first-order chi connectivity index (χ1) is 8.99. The second-order valence-corrected chi connectivity index (χ2v) is 4.68. The van der Waals surface area contributed by atoms with Crippen molar-refractivity contribution in [2.45, 2.75) is 6.42 Å². The first-order valence-electron chi connectivity index (χ1n) is 5.43. The number of rotatable bonds is 3. The van der Waals surface area contributed by atoms with Crippen molar-refractivity contribution in [1.29, 1.82) is 0 Å². The number of ketones is 1. The van der Waals surface area contributed by atoms with Crippen LogP contribution in [0.3, 0.4) is 0 Å². The summed E-state index contributed by atoms with van der Waals surface area (Å²) < 4.78 is 0. The van der Waals surface area contributed by atoms with E-state index >= 15 is 0 Å². The molecular weight excluding hydrogens is 287 g/mol. The summed E-state index contributed by atoms with van der Waals surface area (Å²) >= 11 is 10.7. The lowest BCUT2D eigenvalue weighted by molar-refractivity contribution is -0.115. The Morgan fingerprint density at radius 2 is 1.58 bits per heavy atom.